The van der Waals surface area contributed by atoms with E-state index >= 15 is 0 Å². The Morgan fingerprint density at radius 1 is 0.269 bits per heavy atom. The van der Waals surface area contributed by atoms with Crippen LogP contribution in [0.3, 0.4) is 0 Å². The van der Waals surface area contributed by atoms with Crippen LogP contribution in [0.2, 0.25) is 0 Å². The molecule has 0 unspecified atom stereocenters. The van der Waals surface area contributed by atoms with Crippen LogP contribution in [0, 0.1) is 34.9 Å². The highest BCUT2D eigenvalue weighted by Crippen LogP contribution is 2.45. The van der Waals surface area contributed by atoms with Gasteiger partial charge in [0.05, 0.1) is 0 Å². The number of hydrogen-bond acceptors (Lipinski definition) is 4. The van der Waals surface area contributed by atoms with Crippen LogP contribution in [0.5, 0.6) is 0 Å². The number of thiophene rings is 4. The summed E-state index contributed by atoms with van der Waals surface area (Å²) >= 11 is 6.63. The molecular weight excluding hydrogens is 747 g/mol. The molecule has 52 heavy (non-hydrogen) atoms. The summed E-state index contributed by atoms with van der Waals surface area (Å²) in [5.41, 5.74) is 1.80. The summed E-state index contributed by atoms with van der Waals surface area (Å²) in [4.78, 5) is 4.43. The third-order valence-electron chi connectivity index (χ3n) is 9.27. The van der Waals surface area contributed by atoms with Gasteiger partial charge >= 0.3 is 0 Å². The van der Waals surface area contributed by atoms with Crippen molar-refractivity contribution in [1.82, 2.24) is 0 Å². The molecule has 0 atom stereocenters. The van der Waals surface area contributed by atoms with Crippen molar-refractivity contribution < 1.29 is 26.3 Å². The summed E-state index contributed by atoms with van der Waals surface area (Å²) in [7, 11) is 0. The second-order valence-electron chi connectivity index (χ2n) is 12.6. The van der Waals surface area contributed by atoms with Crippen LogP contribution in [0.1, 0.15) is 0 Å². The smallest absolute Gasteiger partial charge is 0.194 e. The molecule has 10 rings (SSSR count). The lowest BCUT2D eigenvalue weighted by Gasteiger charge is -2.04. The molecule has 4 heterocycles. The van der Waals surface area contributed by atoms with E-state index in [2.05, 4.69) is 48.5 Å². The number of halogens is 6. The van der Waals surface area contributed by atoms with Gasteiger partial charge in [-0.05, 0) is 140 Å². The molecule has 0 aliphatic carbocycles. The van der Waals surface area contributed by atoms with E-state index in [1.807, 2.05) is 24.3 Å². The van der Waals surface area contributed by atoms with E-state index in [-0.39, 0.29) is 11.1 Å². The van der Waals surface area contributed by atoms with Gasteiger partial charge < -0.3 is 0 Å². The largest absolute Gasteiger partial charge is 0.204 e. The van der Waals surface area contributed by atoms with E-state index in [0.717, 1.165) is 94.9 Å². The van der Waals surface area contributed by atoms with Crippen LogP contribution in [0.15, 0.2) is 109 Å². The predicted octanol–water partition coefficient (Wildman–Crippen LogP) is 15.2. The molecule has 0 N–H and O–H groups in total. The Hall–Kier alpha value is -5.00. The topological polar surface area (TPSA) is 0 Å². The fraction of sp³-hybridized carbons (Fsp3) is 0. The van der Waals surface area contributed by atoms with Gasteiger partial charge in [-0.1, -0.05) is 24.3 Å². The van der Waals surface area contributed by atoms with Gasteiger partial charge in [-0.25, -0.2) is 26.3 Å². The summed E-state index contributed by atoms with van der Waals surface area (Å²) < 4.78 is 86.9. The van der Waals surface area contributed by atoms with Crippen molar-refractivity contribution in [3.63, 3.8) is 0 Å². The first-order valence-corrected chi connectivity index (χ1v) is 19.2. The van der Waals surface area contributed by atoms with Gasteiger partial charge in [0.1, 0.15) is 0 Å². The Morgan fingerprint density at radius 3 is 0.962 bits per heavy atom. The minimum absolute atomic E-state index is 0.285. The second-order valence-corrected chi connectivity index (χ2v) is 16.9. The highest BCUT2D eigenvalue weighted by Gasteiger charge is 2.16. The molecule has 0 amide bonds. The number of hydrogen-bond donors (Lipinski definition) is 0. The maximum absolute atomic E-state index is 13.9. The van der Waals surface area contributed by atoms with Crippen LogP contribution in [-0.2, 0) is 0 Å². The standard InChI is InChI=1S/C42H18F6S4/c43-29-7-25(8-30(44)41(29)47)19-1-3-21-13-37(49-33(21)11-19)39-17-27-5-23-16-36-28(6-24(23)15-35(27)51-39)18-40(52-36)38-14-22-4-2-20(12-34(22)50-38)26-9-31(45)42(48)32(46)10-26/h1-18H. The molecule has 0 saturated carbocycles. The van der Waals surface area contributed by atoms with Crippen LogP contribution < -0.4 is 0 Å². The molecule has 0 spiro atoms. The Balaban J connectivity index is 0.969. The Kier molecular flexibility index (Phi) is 7.17. The van der Waals surface area contributed by atoms with Crippen molar-refractivity contribution >= 4 is 96.5 Å². The molecule has 0 aliphatic heterocycles. The Bertz CT molecular complexity index is 2790. The van der Waals surface area contributed by atoms with E-state index in [1.54, 1.807) is 57.5 Å². The van der Waals surface area contributed by atoms with Crippen LogP contribution in [0.25, 0.3) is 92.9 Å². The van der Waals surface area contributed by atoms with Crippen molar-refractivity contribution in [1.29, 1.82) is 0 Å². The van der Waals surface area contributed by atoms with Gasteiger partial charge in [0.15, 0.2) is 34.9 Å². The zero-order valence-corrected chi connectivity index (χ0v) is 29.6. The van der Waals surface area contributed by atoms with Crippen molar-refractivity contribution in [2.45, 2.75) is 0 Å². The van der Waals surface area contributed by atoms with Crippen molar-refractivity contribution in [2.75, 3.05) is 0 Å². The molecule has 10 aromatic rings. The van der Waals surface area contributed by atoms with E-state index in [4.69, 9.17) is 0 Å². The molecule has 0 bridgehead atoms. The maximum atomic E-state index is 13.9. The lowest BCUT2D eigenvalue weighted by molar-refractivity contribution is 0.447. The lowest BCUT2D eigenvalue weighted by Crippen LogP contribution is -1.91. The fourth-order valence-corrected chi connectivity index (χ4v) is 11.2. The molecule has 0 radical (unpaired) electrons. The van der Waals surface area contributed by atoms with Crippen molar-refractivity contribution in [2.24, 2.45) is 0 Å². The number of rotatable bonds is 4. The SMILES string of the molecule is Fc1cc(-c2ccc3cc(-c4cc5cc6cc7sc(-c8cc9ccc(-c%10cc(F)c(F)c(F)c%10)cc9s8)cc7cc6cc5s4)sc3c2)cc(F)c1F. The normalized spacial score (nSPS) is 12.0. The quantitative estimate of drug-likeness (QED) is 0.124. The molecule has 4 aromatic heterocycles. The minimum atomic E-state index is -1.47. The molecule has 10 heteroatoms. The van der Waals surface area contributed by atoms with Crippen molar-refractivity contribution in [3.05, 3.63) is 144 Å². The average Bonchev–Trinajstić information content (AvgIpc) is 3.93. The summed E-state index contributed by atoms with van der Waals surface area (Å²) in [6, 6.07) is 32.8. The van der Waals surface area contributed by atoms with E-state index in [0.29, 0.717) is 11.1 Å². The molecule has 0 aliphatic rings. The third-order valence-corrected chi connectivity index (χ3v) is 14.1. The summed E-state index contributed by atoms with van der Waals surface area (Å²) in [6.45, 7) is 0. The highest BCUT2D eigenvalue weighted by atomic mass is 32.1. The van der Waals surface area contributed by atoms with Gasteiger partial charge in [0, 0.05) is 38.3 Å². The predicted molar refractivity (Wildman–Crippen MR) is 207 cm³/mol. The van der Waals surface area contributed by atoms with Gasteiger partial charge in [-0.15, -0.1) is 45.3 Å². The minimum Gasteiger partial charge on any atom is -0.204 e. The molecule has 0 saturated heterocycles. The van der Waals surface area contributed by atoms with Gasteiger partial charge in [-0.3, -0.25) is 0 Å². The zero-order valence-electron chi connectivity index (χ0n) is 26.3. The zero-order chi connectivity index (χ0) is 35.4. The molecule has 252 valence electrons. The van der Waals surface area contributed by atoms with Gasteiger partial charge in [0.25, 0.3) is 0 Å². The Morgan fingerprint density at radius 2 is 0.596 bits per heavy atom. The van der Waals surface area contributed by atoms with Crippen molar-refractivity contribution in [3.8, 4) is 41.8 Å². The monoisotopic (exact) mass is 764 g/mol. The molecule has 0 fully saturated rings. The fourth-order valence-electron chi connectivity index (χ4n) is 6.68. The number of benzene rings is 6. The Labute approximate surface area is 307 Å². The first-order valence-electron chi connectivity index (χ1n) is 15.9. The van der Waals surface area contributed by atoms with E-state index in [9.17, 15) is 26.3 Å². The molecule has 6 aromatic carbocycles. The van der Waals surface area contributed by atoms with Crippen LogP contribution >= 0.6 is 45.3 Å². The third kappa shape index (κ3) is 5.24. The van der Waals surface area contributed by atoms with Gasteiger partial charge in [0.2, 0.25) is 0 Å². The highest BCUT2D eigenvalue weighted by molar-refractivity contribution is 7.29. The van der Waals surface area contributed by atoms with E-state index < -0.39 is 34.9 Å². The summed E-state index contributed by atoms with van der Waals surface area (Å²) in [6.07, 6.45) is 0. The maximum Gasteiger partial charge on any atom is 0.194 e. The summed E-state index contributed by atoms with van der Waals surface area (Å²) in [5, 5.41) is 6.58. The first kappa shape index (κ1) is 31.7. The van der Waals surface area contributed by atoms with Gasteiger partial charge in [-0.2, -0.15) is 0 Å². The summed E-state index contributed by atoms with van der Waals surface area (Å²) in [5.74, 6) is -7.79. The molecular formula is C42H18F6S4. The first-order chi connectivity index (χ1) is 25.1. The van der Waals surface area contributed by atoms with E-state index in [1.165, 1.54) is 0 Å². The van der Waals surface area contributed by atoms with Crippen LogP contribution in [-0.4, -0.2) is 0 Å². The lowest BCUT2D eigenvalue weighted by atomic mass is 10.0. The number of fused-ring (bicyclic) bond motifs is 5. The van der Waals surface area contributed by atoms with Crippen LogP contribution in [0.4, 0.5) is 26.3 Å². The second kappa shape index (κ2) is 11.8. The average molecular weight is 765 g/mol. The molecule has 0 nitrogen and oxygen atoms in total.